The summed E-state index contributed by atoms with van der Waals surface area (Å²) in [6.45, 7) is 1.98. The summed E-state index contributed by atoms with van der Waals surface area (Å²) in [4.78, 5) is 40.4. The Labute approximate surface area is 124 Å². The first-order chi connectivity index (χ1) is 10.5. The molecule has 0 saturated carbocycles. The zero-order valence-corrected chi connectivity index (χ0v) is 11.7. The van der Waals surface area contributed by atoms with Crippen LogP contribution in [0.1, 0.15) is 12.0 Å². The number of nitrogens with zero attached hydrogens (tertiary/aromatic N) is 2. The van der Waals surface area contributed by atoms with Crippen molar-refractivity contribution in [2.45, 2.75) is 13.0 Å². The average molecular weight is 302 g/mol. The van der Waals surface area contributed by atoms with Gasteiger partial charge < -0.3 is 9.97 Å². The largest absolute Gasteiger partial charge is 0.316 e. The summed E-state index contributed by atoms with van der Waals surface area (Å²) in [5.74, 6) is 0. The molecule has 0 saturated heterocycles. The number of H-pyrrole nitrogens is 2. The SMILES string of the molecule is O=c1[nH]c2cc(CN3CC=CCC3)c([N+](=O)[O-])cc2[nH]c1=O. The van der Waals surface area contributed by atoms with Crippen molar-refractivity contribution in [1.29, 1.82) is 0 Å². The number of nitro groups is 1. The number of aromatic amines is 2. The van der Waals surface area contributed by atoms with Crippen molar-refractivity contribution >= 4 is 16.7 Å². The zero-order valence-electron chi connectivity index (χ0n) is 11.7. The highest BCUT2D eigenvalue weighted by Gasteiger charge is 2.19. The van der Waals surface area contributed by atoms with Crippen LogP contribution in [0.15, 0.2) is 33.9 Å². The van der Waals surface area contributed by atoms with E-state index in [-0.39, 0.29) is 11.2 Å². The van der Waals surface area contributed by atoms with Crippen molar-refractivity contribution in [3.8, 4) is 0 Å². The molecule has 0 atom stereocenters. The quantitative estimate of drug-likeness (QED) is 0.378. The molecule has 3 rings (SSSR count). The number of nitrogens with one attached hydrogen (secondary N) is 2. The minimum atomic E-state index is -0.823. The van der Waals surface area contributed by atoms with Crippen LogP contribution in [-0.2, 0) is 6.54 Å². The van der Waals surface area contributed by atoms with E-state index in [1.165, 1.54) is 6.07 Å². The van der Waals surface area contributed by atoms with Gasteiger partial charge in [0.05, 0.1) is 16.0 Å². The normalized spacial score (nSPS) is 15.3. The van der Waals surface area contributed by atoms with Crippen LogP contribution < -0.4 is 11.1 Å². The van der Waals surface area contributed by atoms with Gasteiger partial charge in [0.2, 0.25) is 0 Å². The molecule has 2 heterocycles. The van der Waals surface area contributed by atoms with E-state index in [1.54, 1.807) is 6.07 Å². The van der Waals surface area contributed by atoms with Crippen LogP contribution in [0.25, 0.3) is 11.0 Å². The molecule has 0 fully saturated rings. The molecule has 2 aromatic rings. The topological polar surface area (TPSA) is 112 Å². The Morgan fingerprint density at radius 3 is 2.41 bits per heavy atom. The Kier molecular flexibility index (Phi) is 3.60. The van der Waals surface area contributed by atoms with Gasteiger partial charge in [0.1, 0.15) is 0 Å². The lowest BCUT2D eigenvalue weighted by atomic mass is 10.1. The highest BCUT2D eigenvalue weighted by molar-refractivity contribution is 5.78. The smallest absolute Gasteiger partial charge is 0.314 e. The molecule has 1 aromatic heterocycles. The van der Waals surface area contributed by atoms with Gasteiger partial charge in [-0.25, -0.2) is 0 Å². The number of fused-ring (bicyclic) bond motifs is 1. The average Bonchev–Trinajstić information content (AvgIpc) is 2.49. The fraction of sp³-hybridized carbons (Fsp3) is 0.286. The lowest BCUT2D eigenvalue weighted by Gasteiger charge is -2.22. The monoisotopic (exact) mass is 302 g/mol. The van der Waals surface area contributed by atoms with Crippen LogP contribution in [0.5, 0.6) is 0 Å². The summed E-state index contributed by atoms with van der Waals surface area (Å²) in [5, 5.41) is 11.3. The fourth-order valence-corrected chi connectivity index (χ4v) is 2.57. The molecule has 8 nitrogen and oxygen atoms in total. The van der Waals surface area contributed by atoms with Gasteiger partial charge in [-0.3, -0.25) is 24.6 Å². The second-order valence-corrected chi connectivity index (χ2v) is 5.19. The number of hydrogen-bond acceptors (Lipinski definition) is 5. The first-order valence-electron chi connectivity index (χ1n) is 6.85. The molecule has 1 aliphatic rings. The van der Waals surface area contributed by atoms with E-state index in [0.717, 1.165) is 19.5 Å². The minimum absolute atomic E-state index is 0.0650. The maximum Gasteiger partial charge on any atom is 0.314 e. The Balaban J connectivity index is 2.10. The third-order valence-electron chi connectivity index (χ3n) is 3.65. The molecular formula is C14H14N4O4. The van der Waals surface area contributed by atoms with Gasteiger partial charge in [-0.15, -0.1) is 0 Å². The van der Waals surface area contributed by atoms with E-state index in [2.05, 4.69) is 20.9 Å². The maximum atomic E-state index is 11.4. The zero-order chi connectivity index (χ0) is 15.7. The third-order valence-corrected chi connectivity index (χ3v) is 3.65. The predicted octanol–water partition coefficient (Wildman–Crippen LogP) is 0.886. The molecule has 0 unspecified atom stereocenters. The van der Waals surface area contributed by atoms with E-state index in [1.807, 2.05) is 6.08 Å². The van der Waals surface area contributed by atoms with Gasteiger partial charge in [0.15, 0.2) is 0 Å². The van der Waals surface area contributed by atoms with Gasteiger partial charge in [-0.1, -0.05) is 12.2 Å². The summed E-state index contributed by atoms with van der Waals surface area (Å²) in [6.07, 6.45) is 5.01. The summed E-state index contributed by atoms with van der Waals surface area (Å²) < 4.78 is 0. The molecule has 1 aromatic carbocycles. The number of aromatic nitrogens is 2. The Hall–Kier alpha value is -2.74. The summed E-state index contributed by atoms with van der Waals surface area (Å²) in [5.41, 5.74) is -0.513. The molecule has 8 heteroatoms. The minimum Gasteiger partial charge on any atom is -0.316 e. The summed E-state index contributed by atoms with van der Waals surface area (Å²) in [7, 11) is 0. The van der Waals surface area contributed by atoms with Crippen LogP contribution in [0.2, 0.25) is 0 Å². The Bertz CT molecular complexity index is 881. The number of nitro benzene ring substituents is 1. The van der Waals surface area contributed by atoms with Crippen molar-refractivity contribution in [3.63, 3.8) is 0 Å². The highest BCUT2D eigenvalue weighted by Crippen LogP contribution is 2.24. The Morgan fingerprint density at radius 2 is 1.82 bits per heavy atom. The molecule has 0 spiro atoms. The molecular weight excluding hydrogens is 288 g/mol. The van der Waals surface area contributed by atoms with Crippen molar-refractivity contribution in [2.75, 3.05) is 13.1 Å². The fourth-order valence-electron chi connectivity index (χ4n) is 2.57. The highest BCUT2D eigenvalue weighted by atomic mass is 16.6. The van der Waals surface area contributed by atoms with Gasteiger partial charge >= 0.3 is 11.1 Å². The summed E-state index contributed by atoms with van der Waals surface area (Å²) >= 11 is 0. The molecule has 1 aliphatic heterocycles. The number of hydrogen-bond donors (Lipinski definition) is 2. The van der Waals surface area contributed by atoms with Gasteiger partial charge in [0.25, 0.3) is 5.69 Å². The van der Waals surface area contributed by atoms with E-state index in [4.69, 9.17) is 0 Å². The second-order valence-electron chi connectivity index (χ2n) is 5.19. The second kappa shape index (κ2) is 5.57. The first-order valence-corrected chi connectivity index (χ1v) is 6.85. The standard InChI is InChI=1S/C14H14N4O4/c19-13-14(20)16-11-7-12(18(21)22)9(6-10(11)15-13)8-17-4-2-1-3-5-17/h1-2,6-7H,3-5,8H2,(H,15,19)(H,16,20). The molecule has 2 N–H and O–H groups in total. The van der Waals surface area contributed by atoms with Gasteiger partial charge in [-0.2, -0.15) is 0 Å². The van der Waals surface area contributed by atoms with Crippen molar-refractivity contribution in [3.05, 3.63) is 60.7 Å². The van der Waals surface area contributed by atoms with Crippen molar-refractivity contribution in [2.24, 2.45) is 0 Å². The molecule has 0 bridgehead atoms. The van der Waals surface area contributed by atoms with Crippen LogP contribution in [-0.4, -0.2) is 32.9 Å². The first kappa shape index (κ1) is 14.2. The summed E-state index contributed by atoms with van der Waals surface area (Å²) in [6, 6.07) is 2.85. The number of rotatable bonds is 3. The van der Waals surface area contributed by atoms with E-state index in [9.17, 15) is 19.7 Å². The lowest BCUT2D eigenvalue weighted by Crippen LogP contribution is -2.29. The molecule has 22 heavy (non-hydrogen) atoms. The van der Waals surface area contributed by atoms with Gasteiger partial charge in [-0.05, 0) is 12.5 Å². The van der Waals surface area contributed by atoms with Crippen molar-refractivity contribution in [1.82, 2.24) is 14.9 Å². The molecule has 0 aliphatic carbocycles. The van der Waals surface area contributed by atoms with Gasteiger partial charge in [0, 0.05) is 31.3 Å². The van der Waals surface area contributed by atoms with E-state index >= 15 is 0 Å². The Morgan fingerprint density at radius 1 is 1.14 bits per heavy atom. The molecule has 114 valence electrons. The van der Waals surface area contributed by atoms with E-state index < -0.39 is 16.0 Å². The van der Waals surface area contributed by atoms with E-state index in [0.29, 0.717) is 17.6 Å². The van der Waals surface area contributed by atoms with Crippen molar-refractivity contribution < 1.29 is 4.92 Å². The molecule has 0 amide bonds. The maximum absolute atomic E-state index is 11.4. The third kappa shape index (κ3) is 2.68. The van der Waals surface area contributed by atoms with Crippen LogP contribution in [0.4, 0.5) is 5.69 Å². The predicted molar refractivity (Wildman–Crippen MR) is 80.9 cm³/mol. The lowest BCUT2D eigenvalue weighted by molar-refractivity contribution is -0.385. The van der Waals surface area contributed by atoms with Crippen LogP contribution >= 0.6 is 0 Å². The number of benzene rings is 1. The van der Waals surface area contributed by atoms with Crippen LogP contribution in [0, 0.1) is 10.1 Å². The van der Waals surface area contributed by atoms with Crippen LogP contribution in [0.3, 0.4) is 0 Å². The molecule has 0 radical (unpaired) electrons.